The van der Waals surface area contributed by atoms with Crippen LogP contribution in [0.15, 0.2) is 47.7 Å². The van der Waals surface area contributed by atoms with Crippen molar-refractivity contribution in [3.63, 3.8) is 0 Å². The average molecular weight is 298 g/mol. The van der Waals surface area contributed by atoms with Crippen LogP contribution in [0.5, 0.6) is 0 Å². The zero-order valence-electron chi connectivity index (χ0n) is 13.3. The van der Waals surface area contributed by atoms with Gasteiger partial charge in [0.15, 0.2) is 0 Å². The molecule has 0 fully saturated rings. The predicted octanol–water partition coefficient (Wildman–Crippen LogP) is 2.64. The number of benzene rings is 1. The van der Waals surface area contributed by atoms with E-state index in [-0.39, 0.29) is 5.91 Å². The maximum absolute atomic E-state index is 11.9. The fourth-order valence-corrected chi connectivity index (χ4v) is 2.28. The molecule has 1 aromatic carbocycles. The van der Waals surface area contributed by atoms with Gasteiger partial charge in [0.25, 0.3) is 5.91 Å². The molecule has 0 aliphatic rings. The molecule has 0 spiro atoms. The number of nitrogens with zero attached hydrogens (tertiary/aromatic N) is 3. The Morgan fingerprint density at radius 2 is 1.91 bits per heavy atom. The minimum Gasteiger partial charge on any atom is -0.372 e. The van der Waals surface area contributed by atoms with Gasteiger partial charge in [0.1, 0.15) is 5.69 Å². The fourth-order valence-electron chi connectivity index (χ4n) is 2.28. The van der Waals surface area contributed by atoms with Gasteiger partial charge in [0, 0.05) is 32.0 Å². The number of amides is 1. The maximum atomic E-state index is 11.9. The van der Waals surface area contributed by atoms with E-state index in [9.17, 15) is 4.79 Å². The summed E-state index contributed by atoms with van der Waals surface area (Å²) in [7, 11) is 1.82. The molecule has 1 heterocycles. The van der Waals surface area contributed by atoms with E-state index in [2.05, 4.69) is 41.4 Å². The molecule has 116 valence electrons. The summed E-state index contributed by atoms with van der Waals surface area (Å²) in [6.45, 7) is 6.24. The Labute approximate surface area is 131 Å². The Balaban J connectivity index is 1.96. The zero-order chi connectivity index (χ0) is 15.9. The number of nitrogens with one attached hydrogen (secondary N) is 1. The number of rotatable bonds is 6. The van der Waals surface area contributed by atoms with Crippen molar-refractivity contribution in [2.45, 2.75) is 13.8 Å². The van der Waals surface area contributed by atoms with E-state index in [1.165, 1.54) is 5.69 Å². The second-order valence-corrected chi connectivity index (χ2v) is 4.97. The van der Waals surface area contributed by atoms with E-state index in [4.69, 9.17) is 0 Å². The van der Waals surface area contributed by atoms with E-state index in [1.807, 2.05) is 31.4 Å². The fraction of sp³-hybridized carbons (Fsp3) is 0.294. The Hall–Kier alpha value is -2.56. The third-order valence-corrected chi connectivity index (χ3v) is 3.58. The van der Waals surface area contributed by atoms with Gasteiger partial charge in [0.05, 0.1) is 6.21 Å². The molecule has 0 aliphatic carbocycles. The van der Waals surface area contributed by atoms with Gasteiger partial charge in [-0.15, -0.1) is 0 Å². The number of carbonyl (C=O) groups excluding carboxylic acids is 1. The Bertz CT molecular complexity index is 639. The topological polar surface area (TPSA) is 49.6 Å². The van der Waals surface area contributed by atoms with Crippen LogP contribution in [-0.2, 0) is 7.05 Å². The summed E-state index contributed by atoms with van der Waals surface area (Å²) in [5.74, 6) is -0.219. The Kier molecular flexibility index (Phi) is 5.36. The largest absolute Gasteiger partial charge is 0.372 e. The van der Waals surface area contributed by atoms with Crippen molar-refractivity contribution >= 4 is 17.8 Å². The monoisotopic (exact) mass is 298 g/mol. The summed E-state index contributed by atoms with van der Waals surface area (Å²) in [6, 6.07) is 11.7. The summed E-state index contributed by atoms with van der Waals surface area (Å²) in [6.07, 6.45) is 3.47. The van der Waals surface area contributed by atoms with Gasteiger partial charge in [-0.3, -0.25) is 4.79 Å². The zero-order valence-corrected chi connectivity index (χ0v) is 13.3. The summed E-state index contributed by atoms with van der Waals surface area (Å²) >= 11 is 0. The van der Waals surface area contributed by atoms with Gasteiger partial charge in [0.2, 0.25) is 0 Å². The number of aryl methyl sites for hydroxylation is 1. The van der Waals surface area contributed by atoms with Crippen molar-refractivity contribution in [1.29, 1.82) is 0 Å². The molecular formula is C17H22N4O. The minimum absolute atomic E-state index is 0.219. The van der Waals surface area contributed by atoms with Gasteiger partial charge in [-0.05, 0) is 43.7 Å². The lowest BCUT2D eigenvalue weighted by Crippen LogP contribution is -2.21. The second-order valence-electron chi connectivity index (χ2n) is 4.97. The van der Waals surface area contributed by atoms with Crippen LogP contribution in [0, 0.1) is 0 Å². The third kappa shape index (κ3) is 3.75. The molecule has 0 radical (unpaired) electrons. The van der Waals surface area contributed by atoms with E-state index in [1.54, 1.807) is 16.8 Å². The number of hydrazone groups is 1. The molecular weight excluding hydrogens is 276 g/mol. The highest BCUT2D eigenvalue weighted by Gasteiger charge is 2.06. The summed E-state index contributed by atoms with van der Waals surface area (Å²) in [5, 5.41) is 4.00. The van der Waals surface area contributed by atoms with Gasteiger partial charge >= 0.3 is 0 Å². The summed E-state index contributed by atoms with van der Waals surface area (Å²) in [5.41, 5.74) is 5.25. The molecule has 0 bridgehead atoms. The van der Waals surface area contributed by atoms with Crippen molar-refractivity contribution in [3.05, 3.63) is 53.9 Å². The highest BCUT2D eigenvalue weighted by molar-refractivity contribution is 5.93. The van der Waals surface area contributed by atoms with Crippen LogP contribution in [0.25, 0.3) is 0 Å². The molecule has 5 heteroatoms. The summed E-state index contributed by atoms with van der Waals surface area (Å²) < 4.78 is 1.75. The second kappa shape index (κ2) is 7.45. The molecule has 0 unspecified atom stereocenters. The number of aromatic nitrogens is 1. The Morgan fingerprint density at radius 1 is 1.23 bits per heavy atom. The first-order valence-corrected chi connectivity index (χ1v) is 7.45. The van der Waals surface area contributed by atoms with E-state index in [0.717, 1.165) is 18.7 Å². The molecule has 2 rings (SSSR count). The van der Waals surface area contributed by atoms with E-state index < -0.39 is 0 Å². The summed E-state index contributed by atoms with van der Waals surface area (Å²) in [4.78, 5) is 14.2. The molecule has 22 heavy (non-hydrogen) atoms. The number of anilines is 1. The molecule has 1 amide bonds. The SMILES string of the molecule is CCN(CC)c1ccc(C=NNC(=O)c2cccn2C)cc1. The first kappa shape index (κ1) is 15.8. The molecule has 2 aromatic rings. The highest BCUT2D eigenvalue weighted by Crippen LogP contribution is 2.13. The lowest BCUT2D eigenvalue weighted by molar-refractivity contribution is 0.0947. The normalized spacial score (nSPS) is 10.9. The molecule has 1 N–H and O–H groups in total. The molecule has 0 aliphatic heterocycles. The quantitative estimate of drug-likeness (QED) is 0.658. The van der Waals surface area contributed by atoms with Crippen LogP contribution in [0.1, 0.15) is 29.9 Å². The number of hydrogen-bond donors (Lipinski definition) is 1. The first-order chi connectivity index (χ1) is 10.7. The van der Waals surface area contributed by atoms with Gasteiger partial charge in [-0.2, -0.15) is 5.10 Å². The molecule has 0 saturated carbocycles. The highest BCUT2D eigenvalue weighted by atomic mass is 16.2. The van der Waals surface area contributed by atoms with Crippen LogP contribution >= 0.6 is 0 Å². The van der Waals surface area contributed by atoms with Crippen molar-refractivity contribution in [2.24, 2.45) is 12.1 Å². The van der Waals surface area contributed by atoms with Crippen LogP contribution in [0.3, 0.4) is 0 Å². The predicted molar refractivity (Wildman–Crippen MR) is 90.5 cm³/mol. The van der Waals surface area contributed by atoms with Gasteiger partial charge in [-0.25, -0.2) is 5.43 Å². The van der Waals surface area contributed by atoms with Crippen molar-refractivity contribution in [3.8, 4) is 0 Å². The maximum Gasteiger partial charge on any atom is 0.287 e. The Morgan fingerprint density at radius 3 is 2.45 bits per heavy atom. The van der Waals surface area contributed by atoms with Gasteiger partial charge in [-0.1, -0.05) is 12.1 Å². The lowest BCUT2D eigenvalue weighted by atomic mass is 10.2. The molecule has 5 nitrogen and oxygen atoms in total. The average Bonchev–Trinajstić information content (AvgIpc) is 2.96. The first-order valence-electron chi connectivity index (χ1n) is 7.45. The van der Waals surface area contributed by atoms with Crippen LogP contribution in [-0.4, -0.2) is 29.8 Å². The molecule has 0 saturated heterocycles. The third-order valence-electron chi connectivity index (χ3n) is 3.58. The number of carbonyl (C=O) groups is 1. The lowest BCUT2D eigenvalue weighted by Gasteiger charge is -2.20. The smallest absolute Gasteiger partial charge is 0.287 e. The van der Waals surface area contributed by atoms with E-state index in [0.29, 0.717) is 5.69 Å². The molecule has 1 aromatic heterocycles. The minimum atomic E-state index is -0.219. The number of hydrogen-bond acceptors (Lipinski definition) is 3. The van der Waals surface area contributed by atoms with Crippen LogP contribution in [0.2, 0.25) is 0 Å². The van der Waals surface area contributed by atoms with Crippen molar-refractivity contribution in [2.75, 3.05) is 18.0 Å². The van der Waals surface area contributed by atoms with Crippen molar-refractivity contribution < 1.29 is 4.79 Å². The van der Waals surface area contributed by atoms with Crippen LogP contribution in [0.4, 0.5) is 5.69 Å². The van der Waals surface area contributed by atoms with Crippen LogP contribution < -0.4 is 10.3 Å². The standard InChI is InChI=1S/C17H22N4O/c1-4-21(5-2)15-10-8-14(9-11-15)13-18-19-17(22)16-7-6-12-20(16)3/h6-13H,4-5H2,1-3H3,(H,19,22). The van der Waals surface area contributed by atoms with Gasteiger partial charge < -0.3 is 9.47 Å². The van der Waals surface area contributed by atoms with Crippen molar-refractivity contribution in [1.82, 2.24) is 9.99 Å². The molecule has 0 atom stereocenters. The van der Waals surface area contributed by atoms with E-state index >= 15 is 0 Å².